The molecule has 8 heteroatoms. The fraction of sp³-hybridized carbons (Fsp3) is 0.526. The van der Waals surface area contributed by atoms with Gasteiger partial charge in [-0.15, -0.1) is 35.3 Å². The SMILES string of the molecule is CCNC(=NCCCCNc1ccccn1)NCCc1nc(C)c(C)s1.I. The summed E-state index contributed by atoms with van der Waals surface area (Å²) in [6.45, 7) is 9.71. The second-order valence-corrected chi connectivity index (χ2v) is 7.32. The lowest BCUT2D eigenvalue weighted by molar-refractivity contribution is 0.749. The molecule has 0 amide bonds. The highest BCUT2D eigenvalue weighted by molar-refractivity contribution is 14.0. The summed E-state index contributed by atoms with van der Waals surface area (Å²) in [5, 5.41) is 11.2. The first-order valence-corrected chi connectivity index (χ1v) is 10.1. The van der Waals surface area contributed by atoms with Crippen LogP contribution in [0.4, 0.5) is 5.82 Å². The number of hydrogen-bond donors (Lipinski definition) is 3. The van der Waals surface area contributed by atoms with Crippen LogP contribution in [0.2, 0.25) is 0 Å². The molecule has 0 fully saturated rings. The Bertz CT molecular complexity index is 655. The van der Waals surface area contributed by atoms with Crippen LogP contribution in [0.5, 0.6) is 0 Å². The normalized spacial score (nSPS) is 11.0. The Morgan fingerprint density at radius 2 is 2.00 bits per heavy atom. The number of aromatic nitrogens is 2. The third kappa shape index (κ3) is 9.37. The Hall–Kier alpha value is -1.42. The molecule has 0 saturated carbocycles. The minimum Gasteiger partial charge on any atom is -0.370 e. The molecule has 150 valence electrons. The number of thiazole rings is 1. The van der Waals surface area contributed by atoms with E-state index in [4.69, 9.17) is 0 Å². The molecule has 0 aliphatic carbocycles. The molecule has 0 unspecified atom stereocenters. The molecule has 2 heterocycles. The van der Waals surface area contributed by atoms with Gasteiger partial charge in [-0.05, 0) is 45.7 Å². The number of anilines is 1. The maximum Gasteiger partial charge on any atom is 0.191 e. The highest BCUT2D eigenvalue weighted by Crippen LogP contribution is 2.16. The van der Waals surface area contributed by atoms with Gasteiger partial charge in [0, 0.05) is 43.7 Å². The number of pyridine rings is 1. The number of guanidine groups is 1. The van der Waals surface area contributed by atoms with Gasteiger partial charge in [-0.2, -0.15) is 0 Å². The first-order valence-electron chi connectivity index (χ1n) is 9.29. The smallest absolute Gasteiger partial charge is 0.191 e. The van der Waals surface area contributed by atoms with Crippen LogP contribution in [0.1, 0.15) is 35.3 Å². The topological polar surface area (TPSA) is 74.2 Å². The lowest BCUT2D eigenvalue weighted by Gasteiger charge is -2.10. The summed E-state index contributed by atoms with van der Waals surface area (Å²) in [5.41, 5.74) is 1.14. The molecule has 2 aromatic rings. The maximum absolute atomic E-state index is 4.65. The third-order valence-electron chi connectivity index (χ3n) is 3.87. The van der Waals surface area contributed by atoms with E-state index in [0.717, 1.165) is 62.9 Å². The van der Waals surface area contributed by atoms with Gasteiger partial charge in [0.1, 0.15) is 5.82 Å². The van der Waals surface area contributed by atoms with Crippen LogP contribution >= 0.6 is 35.3 Å². The lowest BCUT2D eigenvalue weighted by atomic mass is 10.3. The minimum atomic E-state index is 0. The third-order valence-corrected chi connectivity index (χ3v) is 5.01. The van der Waals surface area contributed by atoms with Crippen molar-refractivity contribution in [2.24, 2.45) is 4.99 Å². The largest absolute Gasteiger partial charge is 0.370 e. The highest BCUT2D eigenvalue weighted by Gasteiger charge is 2.04. The van der Waals surface area contributed by atoms with Gasteiger partial charge in [0.15, 0.2) is 5.96 Å². The van der Waals surface area contributed by atoms with Crippen molar-refractivity contribution in [2.45, 2.75) is 40.0 Å². The van der Waals surface area contributed by atoms with Gasteiger partial charge in [-0.25, -0.2) is 9.97 Å². The van der Waals surface area contributed by atoms with Crippen LogP contribution in [0.25, 0.3) is 0 Å². The van der Waals surface area contributed by atoms with Crippen molar-refractivity contribution in [2.75, 3.05) is 31.5 Å². The average Bonchev–Trinajstić information content (AvgIpc) is 2.96. The zero-order valence-electron chi connectivity index (χ0n) is 16.4. The second kappa shape index (κ2) is 13.7. The molecular weight excluding hydrogens is 471 g/mol. The molecule has 2 rings (SSSR count). The number of nitrogens with one attached hydrogen (secondary N) is 3. The van der Waals surface area contributed by atoms with Crippen LogP contribution < -0.4 is 16.0 Å². The van der Waals surface area contributed by atoms with Crippen molar-refractivity contribution < 1.29 is 0 Å². The lowest BCUT2D eigenvalue weighted by Crippen LogP contribution is -2.38. The molecule has 6 nitrogen and oxygen atoms in total. The molecular formula is C19H31IN6S. The monoisotopic (exact) mass is 502 g/mol. The quantitative estimate of drug-likeness (QED) is 0.200. The number of rotatable bonds is 10. The Labute approximate surface area is 183 Å². The summed E-state index contributed by atoms with van der Waals surface area (Å²) < 4.78 is 0. The molecule has 0 saturated heterocycles. The van der Waals surface area contributed by atoms with E-state index in [-0.39, 0.29) is 24.0 Å². The number of aliphatic imine (C=N–C) groups is 1. The Morgan fingerprint density at radius 3 is 2.67 bits per heavy atom. The van der Waals surface area contributed by atoms with Crippen molar-refractivity contribution in [3.8, 4) is 0 Å². The van der Waals surface area contributed by atoms with E-state index in [9.17, 15) is 0 Å². The standard InChI is InChI=1S/C19H30N6S.HI/c1-4-20-19(24-14-10-18-25-15(2)16(3)26-18)23-13-8-7-12-22-17-9-5-6-11-21-17;/h5-6,9,11H,4,7-8,10,12-14H2,1-3H3,(H,21,22)(H2,20,23,24);1H. The average molecular weight is 502 g/mol. The number of aryl methyl sites for hydroxylation is 2. The van der Waals surface area contributed by atoms with Crippen molar-refractivity contribution in [3.05, 3.63) is 40.0 Å². The molecule has 0 spiro atoms. The molecule has 0 atom stereocenters. The summed E-state index contributed by atoms with van der Waals surface area (Å²) >= 11 is 1.78. The van der Waals surface area contributed by atoms with E-state index < -0.39 is 0 Å². The van der Waals surface area contributed by atoms with Crippen LogP contribution in [0.15, 0.2) is 29.4 Å². The van der Waals surface area contributed by atoms with Gasteiger partial charge in [0.2, 0.25) is 0 Å². The number of halogens is 1. The van der Waals surface area contributed by atoms with Crippen LogP contribution in [0, 0.1) is 13.8 Å². The van der Waals surface area contributed by atoms with Crippen LogP contribution in [-0.2, 0) is 6.42 Å². The molecule has 0 radical (unpaired) electrons. The van der Waals surface area contributed by atoms with Crippen LogP contribution in [0.3, 0.4) is 0 Å². The number of hydrogen-bond acceptors (Lipinski definition) is 5. The summed E-state index contributed by atoms with van der Waals surface area (Å²) in [4.78, 5) is 14.8. The molecule has 0 aromatic carbocycles. The van der Waals surface area contributed by atoms with Gasteiger partial charge >= 0.3 is 0 Å². The minimum absolute atomic E-state index is 0. The molecule has 0 aliphatic heterocycles. The molecule has 3 N–H and O–H groups in total. The summed E-state index contributed by atoms with van der Waals surface area (Å²) in [6, 6.07) is 5.89. The number of nitrogens with zero attached hydrogens (tertiary/aromatic N) is 3. The van der Waals surface area contributed by atoms with E-state index in [2.05, 4.69) is 51.7 Å². The van der Waals surface area contributed by atoms with E-state index in [0.29, 0.717) is 0 Å². The van der Waals surface area contributed by atoms with Gasteiger partial charge in [0.25, 0.3) is 0 Å². The Kier molecular flexibility index (Phi) is 12.0. The summed E-state index contributed by atoms with van der Waals surface area (Å²) in [5.74, 6) is 1.81. The molecule has 0 aliphatic rings. The Balaban J connectivity index is 0.00000364. The predicted molar refractivity (Wildman–Crippen MR) is 127 cm³/mol. The van der Waals surface area contributed by atoms with Crippen LogP contribution in [-0.4, -0.2) is 42.1 Å². The van der Waals surface area contributed by atoms with Crippen molar-refractivity contribution in [1.82, 2.24) is 20.6 Å². The first kappa shape index (κ1) is 23.6. The summed E-state index contributed by atoms with van der Waals surface area (Å²) in [7, 11) is 0. The molecule has 0 bridgehead atoms. The first-order chi connectivity index (χ1) is 12.7. The van der Waals surface area contributed by atoms with Crippen molar-refractivity contribution in [1.29, 1.82) is 0 Å². The van der Waals surface area contributed by atoms with Gasteiger partial charge in [-0.1, -0.05) is 6.07 Å². The van der Waals surface area contributed by atoms with E-state index in [1.54, 1.807) is 17.5 Å². The van der Waals surface area contributed by atoms with Gasteiger partial charge in [-0.3, -0.25) is 4.99 Å². The Morgan fingerprint density at radius 1 is 1.15 bits per heavy atom. The van der Waals surface area contributed by atoms with E-state index in [1.165, 1.54) is 9.88 Å². The number of unbranched alkanes of at least 4 members (excludes halogenated alkanes) is 1. The van der Waals surface area contributed by atoms with E-state index >= 15 is 0 Å². The van der Waals surface area contributed by atoms with Crippen molar-refractivity contribution >= 4 is 47.1 Å². The van der Waals surface area contributed by atoms with Crippen molar-refractivity contribution in [3.63, 3.8) is 0 Å². The molecule has 27 heavy (non-hydrogen) atoms. The van der Waals surface area contributed by atoms with Gasteiger partial charge < -0.3 is 16.0 Å². The maximum atomic E-state index is 4.65. The zero-order valence-corrected chi connectivity index (χ0v) is 19.6. The molecule has 2 aromatic heterocycles. The zero-order chi connectivity index (χ0) is 18.6. The highest BCUT2D eigenvalue weighted by atomic mass is 127. The summed E-state index contributed by atoms with van der Waals surface area (Å²) in [6.07, 6.45) is 4.84. The van der Waals surface area contributed by atoms with E-state index in [1.807, 2.05) is 18.2 Å². The fourth-order valence-electron chi connectivity index (χ4n) is 2.39. The van der Waals surface area contributed by atoms with Gasteiger partial charge in [0.05, 0.1) is 10.7 Å². The fourth-order valence-corrected chi connectivity index (χ4v) is 3.32. The second-order valence-electron chi connectivity index (χ2n) is 6.04. The predicted octanol–water partition coefficient (Wildman–Crippen LogP) is 3.76.